The first-order valence-electron chi connectivity index (χ1n) is 9.22. The molecule has 1 nitrogen and oxygen atoms in total. The molecule has 1 aliphatic rings. The summed E-state index contributed by atoms with van der Waals surface area (Å²) in [6.45, 7) is 2.18. The molecular weight excluding hydrogens is 394 g/mol. The van der Waals surface area contributed by atoms with Crippen molar-refractivity contribution in [3.63, 3.8) is 0 Å². The van der Waals surface area contributed by atoms with Crippen LogP contribution in [0.1, 0.15) is 17.5 Å². The number of anilines is 2. The van der Waals surface area contributed by atoms with E-state index in [9.17, 15) is 0 Å². The van der Waals surface area contributed by atoms with Crippen molar-refractivity contribution in [2.45, 2.75) is 18.9 Å². The Hall–Kier alpha value is -2.58. The van der Waals surface area contributed by atoms with Crippen LogP contribution in [-0.2, 0) is 5.54 Å². The van der Waals surface area contributed by atoms with Crippen LogP contribution in [0.5, 0.6) is 0 Å². The molecule has 4 rings (SSSR count). The van der Waals surface area contributed by atoms with Crippen molar-refractivity contribution in [1.29, 1.82) is 0 Å². The van der Waals surface area contributed by atoms with Crippen LogP contribution in [0.4, 0.5) is 11.4 Å². The Morgan fingerprint density at radius 2 is 1.56 bits per heavy atom. The number of rotatable bonds is 4. The van der Waals surface area contributed by atoms with Crippen LogP contribution in [0.25, 0.3) is 0 Å². The molecule has 0 aliphatic heterocycles. The Kier molecular flexibility index (Phi) is 5.00. The number of aryl methyl sites for hydroxylation is 1. The lowest BCUT2D eigenvalue weighted by Crippen LogP contribution is -2.42. The molecule has 3 aromatic rings. The zero-order valence-electron chi connectivity index (χ0n) is 15.3. The first kappa shape index (κ1) is 17.8. The zero-order valence-corrected chi connectivity index (χ0v) is 16.9. The van der Waals surface area contributed by atoms with Crippen LogP contribution in [0, 0.1) is 6.92 Å². The van der Waals surface area contributed by atoms with E-state index < -0.39 is 0 Å². The number of nitrogens with zero attached hydrogens (tertiary/aromatic N) is 1. The summed E-state index contributed by atoms with van der Waals surface area (Å²) in [5, 5.41) is 0. The van der Waals surface area contributed by atoms with Gasteiger partial charge in [0.1, 0.15) is 0 Å². The fourth-order valence-electron chi connectivity index (χ4n) is 3.83. The first-order chi connectivity index (χ1) is 13.2. The van der Waals surface area contributed by atoms with Gasteiger partial charge in [-0.1, -0.05) is 94.8 Å². The molecule has 0 amide bonds. The Morgan fingerprint density at radius 3 is 2.22 bits per heavy atom. The van der Waals surface area contributed by atoms with Crippen molar-refractivity contribution in [1.82, 2.24) is 0 Å². The highest BCUT2D eigenvalue weighted by molar-refractivity contribution is 9.10. The van der Waals surface area contributed by atoms with Gasteiger partial charge in [-0.2, -0.15) is 0 Å². The number of hydrogen-bond acceptors (Lipinski definition) is 1. The molecule has 0 saturated carbocycles. The van der Waals surface area contributed by atoms with E-state index in [1.807, 2.05) is 0 Å². The number of hydrogen-bond donors (Lipinski definition) is 0. The van der Waals surface area contributed by atoms with Gasteiger partial charge in [0.2, 0.25) is 0 Å². The maximum absolute atomic E-state index is 3.68. The molecule has 0 fully saturated rings. The second-order valence-electron chi connectivity index (χ2n) is 6.88. The van der Waals surface area contributed by atoms with Gasteiger partial charge >= 0.3 is 0 Å². The number of para-hydroxylation sites is 1. The molecule has 0 N–H and O–H groups in total. The summed E-state index contributed by atoms with van der Waals surface area (Å²) >= 11 is 3.68. The largest absolute Gasteiger partial charge is 0.327 e. The Balaban J connectivity index is 2.00. The standard InChI is InChI=1S/C25H22BrN/c1-20-15-16-22(26)19-24(20)27(23-13-7-3-8-14-23)25(17-9-4-10-18-25)21-11-5-2-6-12-21/h2-17,19H,18H2,1H3. The molecular formula is C25H22BrN. The van der Waals surface area contributed by atoms with E-state index in [-0.39, 0.29) is 5.54 Å². The second-order valence-corrected chi connectivity index (χ2v) is 7.80. The monoisotopic (exact) mass is 415 g/mol. The van der Waals surface area contributed by atoms with E-state index in [1.165, 1.54) is 22.5 Å². The highest BCUT2D eigenvalue weighted by atomic mass is 79.9. The van der Waals surface area contributed by atoms with Crippen LogP contribution in [0.3, 0.4) is 0 Å². The third kappa shape index (κ3) is 3.38. The van der Waals surface area contributed by atoms with E-state index in [0.717, 1.165) is 10.9 Å². The van der Waals surface area contributed by atoms with Gasteiger partial charge < -0.3 is 4.90 Å². The lowest BCUT2D eigenvalue weighted by Gasteiger charge is -2.45. The molecule has 0 aromatic heterocycles. The van der Waals surface area contributed by atoms with Crippen LogP contribution in [0.15, 0.2) is 108 Å². The molecule has 27 heavy (non-hydrogen) atoms. The fourth-order valence-corrected chi connectivity index (χ4v) is 4.18. The summed E-state index contributed by atoms with van der Waals surface area (Å²) in [5.74, 6) is 0. The number of allylic oxidation sites excluding steroid dienone is 2. The van der Waals surface area contributed by atoms with Gasteiger partial charge in [0.05, 0.1) is 5.54 Å². The van der Waals surface area contributed by atoms with Crippen LogP contribution in [0.2, 0.25) is 0 Å². The summed E-state index contributed by atoms with van der Waals surface area (Å²) in [6, 6.07) is 28.0. The molecule has 0 spiro atoms. The molecule has 2 heteroatoms. The van der Waals surface area contributed by atoms with Gasteiger partial charge in [-0.05, 0) is 48.7 Å². The quantitative estimate of drug-likeness (QED) is 0.431. The molecule has 0 radical (unpaired) electrons. The van der Waals surface area contributed by atoms with E-state index in [4.69, 9.17) is 0 Å². The smallest absolute Gasteiger partial charge is 0.0923 e. The Labute approximate surface area is 169 Å². The zero-order chi connectivity index (χ0) is 18.7. The van der Waals surface area contributed by atoms with Crippen molar-refractivity contribution >= 4 is 27.3 Å². The minimum atomic E-state index is -0.275. The number of benzene rings is 3. The predicted molar refractivity (Wildman–Crippen MR) is 118 cm³/mol. The van der Waals surface area contributed by atoms with Crippen molar-refractivity contribution in [3.05, 3.63) is 119 Å². The van der Waals surface area contributed by atoms with Crippen molar-refractivity contribution < 1.29 is 0 Å². The van der Waals surface area contributed by atoms with E-state index in [1.54, 1.807) is 0 Å². The van der Waals surface area contributed by atoms with Gasteiger partial charge in [-0.3, -0.25) is 0 Å². The Bertz CT molecular complexity index is 976. The van der Waals surface area contributed by atoms with Crippen LogP contribution in [-0.4, -0.2) is 0 Å². The van der Waals surface area contributed by atoms with Gasteiger partial charge in [-0.25, -0.2) is 0 Å². The van der Waals surface area contributed by atoms with Gasteiger partial charge in [0.15, 0.2) is 0 Å². The van der Waals surface area contributed by atoms with E-state index in [0.29, 0.717) is 0 Å². The van der Waals surface area contributed by atoms with Crippen molar-refractivity contribution in [2.75, 3.05) is 4.90 Å². The predicted octanol–water partition coefficient (Wildman–Crippen LogP) is 7.31. The van der Waals surface area contributed by atoms with Crippen molar-refractivity contribution in [2.24, 2.45) is 0 Å². The highest BCUT2D eigenvalue weighted by Gasteiger charge is 2.38. The summed E-state index contributed by atoms with van der Waals surface area (Å²) in [5.41, 5.74) is 4.65. The lowest BCUT2D eigenvalue weighted by molar-refractivity contribution is 0.546. The summed E-state index contributed by atoms with van der Waals surface area (Å²) in [4.78, 5) is 2.47. The second kappa shape index (κ2) is 7.58. The summed E-state index contributed by atoms with van der Waals surface area (Å²) < 4.78 is 1.09. The number of halogens is 1. The van der Waals surface area contributed by atoms with Gasteiger partial charge in [0, 0.05) is 15.8 Å². The third-order valence-electron chi connectivity index (χ3n) is 5.15. The third-order valence-corrected chi connectivity index (χ3v) is 5.64. The van der Waals surface area contributed by atoms with E-state index >= 15 is 0 Å². The molecule has 3 aromatic carbocycles. The highest BCUT2D eigenvalue weighted by Crippen LogP contribution is 2.46. The van der Waals surface area contributed by atoms with Crippen LogP contribution < -0.4 is 4.90 Å². The molecule has 0 saturated heterocycles. The van der Waals surface area contributed by atoms with Gasteiger partial charge in [-0.15, -0.1) is 0 Å². The topological polar surface area (TPSA) is 3.24 Å². The first-order valence-corrected chi connectivity index (χ1v) is 10.0. The minimum Gasteiger partial charge on any atom is -0.327 e. The lowest BCUT2D eigenvalue weighted by atomic mass is 9.81. The average Bonchev–Trinajstić information content (AvgIpc) is 2.73. The van der Waals surface area contributed by atoms with E-state index in [2.05, 4.69) is 131 Å². The summed E-state index contributed by atoms with van der Waals surface area (Å²) in [7, 11) is 0. The minimum absolute atomic E-state index is 0.275. The molecule has 1 atom stereocenters. The summed E-state index contributed by atoms with van der Waals surface area (Å²) in [6.07, 6.45) is 9.80. The average molecular weight is 416 g/mol. The Morgan fingerprint density at radius 1 is 0.852 bits per heavy atom. The molecule has 1 aliphatic carbocycles. The fraction of sp³-hybridized carbons (Fsp3) is 0.120. The maximum atomic E-state index is 3.68. The van der Waals surface area contributed by atoms with Gasteiger partial charge in [0.25, 0.3) is 0 Å². The maximum Gasteiger partial charge on any atom is 0.0923 e. The molecule has 134 valence electrons. The molecule has 0 heterocycles. The van der Waals surface area contributed by atoms with Crippen LogP contribution >= 0.6 is 15.9 Å². The normalized spacial score (nSPS) is 18.4. The molecule has 0 bridgehead atoms. The van der Waals surface area contributed by atoms with Crippen molar-refractivity contribution in [3.8, 4) is 0 Å². The molecule has 1 unspecified atom stereocenters. The SMILES string of the molecule is Cc1ccc(Br)cc1N(c1ccccc1)C1(c2ccccc2)C=CC=CC1.